The first-order chi connectivity index (χ1) is 20.5. The Morgan fingerprint density at radius 1 is 0.977 bits per heavy atom. The van der Waals surface area contributed by atoms with Crippen LogP contribution in [0.4, 0.5) is 36.3 Å². The Bertz CT molecular complexity index is 1450. The molecule has 13 heteroatoms. The highest BCUT2D eigenvalue weighted by molar-refractivity contribution is 5.96. The number of aromatic nitrogens is 3. The van der Waals surface area contributed by atoms with E-state index in [2.05, 4.69) is 39.7 Å². The average molecular weight is 597 g/mol. The van der Waals surface area contributed by atoms with Gasteiger partial charge in [0.25, 0.3) is 5.91 Å². The Morgan fingerprint density at radius 2 is 1.65 bits per heavy atom. The van der Waals surface area contributed by atoms with Gasteiger partial charge < -0.3 is 26.2 Å². The predicted octanol–water partition coefficient (Wildman–Crippen LogP) is 4.93. The van der Waals surface area contributed by atoms with E-state index >= 15 is 0 Å². The van der Waals surface area contributed by atoms with E-state index in [4.69, 9.17) is 5.73 Å². The molecular weight excluding hydrogens is 561 g/mol. The first kappa shape index (κ1) is 30.1. The third-order valence-electron chi connectivity index (χ3n) is 7.90. The van der Waals surface area contributed by atoms with E-state index in [1.165, 1.54) is 17.7 Å². The number of alkyl halides is 3. The molecule has 2 atom stereocenters. The number of primary amides is 1. The summed E-state index contributed by atoms with van der Waals surface area (Å²) < 4.78 is 38.8. The van der Waals surface area contributed by atoms with Gasteiger partial charge in [-0.25, -0.2) is 0 Å². The fourth-order valence-electron chi connectivity index (χ4n) is 5.54. The standard InChI is InChI=1S/C30H35F3N8O2/c1-18(2)19-7-11-22(12-8-19)36-27-25(26(34)42)38-39-29(37-27)40-15-3-5-23(17-40)41-16-4-6-24(28(41)43)35-21-13-9-20(10-14-21)30(31,32)33/h7-14,18,23-24,35H,3-6,15-17H2,1-2H3,(H2,34,42)(H,36,37,39)/t23-,24-/m1/s1. The summed E-state index contributed by atoms with van der Waals surface area (Å²) in [4.78, 5) is 34.0. The molecule has 0 saturated carbocycles. The summed E-state index contributed by atoms with van der Waals surface area (Å²) >= 11 is 0. The first-order valence-corrected chi connectivity index (χ1v) is 14.4. The average Bonchev–Trinajstić information content (AvgIpc) is 2.98. The van der Waals surface area contributed by atoms with Crippen molar-refractivity contribution in [2.24, 2.45) is 5.73 Å². The van der Waals surface area contributed by atoms with Gasteiger partial charge in [0.2, 0.25) is 11.9 Å². The number of nitrogens with zero attached hydrogens (tertiary/aromatic N) is 5. The van der Waals surface area contributed by atoms with Crippen LogP contribution in [0.5, 0.6) is 0 Å². The molecule has 0 spiro atoms. The molecular formula is C30H35F3N8O2. The Kier molecular flexibility index (Phi) is 8.69. The minimum atomic E-state index is -4.42. The maximum absolute atomic E-state index is 13.5. The summed E-state index contributed by atoms with van der Waals surface area (Å²) in [5, 5.41) is 14.5. The van der Waals surface area contributed by atoms with Gasteiger partial charge in [0, 0.05) is 37.1 Å². The number of hydrogen-bond acceptors (Lipinski definition) is 8. The van der Waals surface area contributed by atoms with Gasteiger partial charge in [0.15, 0.2) is 11.5 Å². The van der Waals surface area contributed by atoms with Gasteiger partial charge >= 0.3 is 6.18 Å². The van der Waals surface area contributed by atoms with E-state index in [9.17, 15) is 22.8 Å². The molecule has 2 amide bonds. The van der Waals surface area contributed by atoms with E-state index in [0.717, 1.165) is 37.1 Å². The van der Waals surface area contributed by atoms with Crippen molar-refractivity contribution in [1.82, 2.24) is 20.1 Å². The van der Waals surface area contributed by atoms with Crippen molar-refractivity contribution in [3.8, 4) is 0 Å². The molecule has 5 rings (SSSR count). The number of halogens is 3. The number of hydrogen-bond donors (Lipinski definition) is 3. The van der Waals surface area contributed by atoms with E-state index in [1.54, 1.807) is 0 Å². The van der Waals surface area contributed by atoms with Gasteiger partial charge in [0.05, 0.1) is 5.56 Å². The number of rotatable bonds is 8. The number of benzene rings is 2. The van der Waals surface area contributed by atoms with Crippen molar-refractivity contribution in [1.29, 1.82) is 0 Å². The lowest BCUT2D eigenvalue weighted by Crippen LogP contribution is -2.56. The molecule has 4 N–H and O–H groups in total. The summed E-state index contributed by atoms with van der Waals surface area (Å²) in [7, 11) is 0. The van der Waals surface area contributed by atoms with Crippen LogP contribution in [0.15, 0.2) is 48.5 Å². The molecule has 228 valence electrons. The van der Waals surface area contributed by atoms with Gasteiger partial charge in [-0.15, -0.1) is 10.2 Å². The molecule has 2 fully saturated rings. The zero-order valence-corrected chi connectivity index (χ0v) is 24.1. The van der Waals surface area contributed by atoms with Crippen molar-refractivity contribution in [3.63, 3.8) is 0 Å². The molecule has 10 nitrogen and oxygen atoms in total. The van der Waals surface area contributed by atoms with Gasteiger partial charge in [-0.05, 0) is 73.6 Å². The fourth-order valence-corrected chi connectivity index (χ4v) is 5.54. The SMILES string of the molecule is CC(C)c1ccc(Nc2nc(N3CCC[C@@H](N4CCC[C@@H](Nc5ccc(C(F)(F)F)cc5)C4=O)C3)nnc2C(N)=O)cc1. The number of carbonyl (C=O) groups is 2. The number of anilines is 4. The number of nitrogens with one attached hydrogen (secondary N) is 2. The lowest BCUT2D eigenvalue weighted by atomic mass is 9.97. The second kappa shape index (κ2) is 12.4. The van der Waals surface area contributed by atoms with Crippen molar-refractivity contribution in [2.75, 3.05) is 35.2 Å². The number of amides is 2. The molecule has 3 aromatic rings. The highest BCUT2D eigenvalue weighted by Crippen LogP contribution is 2.31. The molecule has 0 aliphatic carbocycles. The Hall–Kier alpha value is -4.42. The van der Waals surface area contributed by atoms with Crippen LogP contribution in [0.25, 0.3) is 0 Å². The van der Waals surface area contributed by atoms with Crippen LogP contribution < -0.4 is 21.3 Å². The zero-order valence-electron chi connectivity index (χ0n) is 24.1. The lowest BCUT2D eigenvalue weighted by Gasteiger charge is -2.43. The highest BCUT2D eigenvalue weighted by atomic mass is 19.4. The summed E-state index contributed by atoms with van der Waals surface area (Å²) in [6.07, 6.45) is -1.50. The molecule has 43 heavy (non-hydrogen) atoms. The zero-order chi connectivity index (χ0) is 30.7. The van der Waals surface area contributed by atoms with Crippen LogP contribution in [-0.2, 0) is 11.0 Å². The van der Waals surface area contributed by atoms with Crippen LogP contribution in [0, 0.1) is 0 Å². The maximum atomic E-state index is 13.5. The van der Waals surface area contributed by atoms with Gasteiger partial charge in [-0.1, -0.05) is 26.0 Å². The van der Waals surface area contributed by atoms with Crippen LogP contribution >= 0.6 is 0 Å². The lowest BCUT2D eigenvalue weighted by molar-refractivity contribution is -0.138. The molecule has 2 aromatic carbocycles. The third-order valence-corrected chi connectivity index (χ3v) is 7.90. The molecule has 2 aliphatic heterocycles. The second-order valence-electron chi connectivity index (χ2n) is 11.3. The number of carbonyl (C=O) groups excluding carboxylic acids is 2. The minimum absolute atomic E-state index is 0.0753. The van der Waals surface area contributed by atoms with E-state index in [1.807, 2.05) is 34.1 Å². The first-order valence-electron chi connectivity index (χ1n) is 14.4. The van der Waals surface area contributed by atoms with Crippen LogP contribution in [0.1, 0.15) is 67.1 Å². The van der Waals surface area contributed by atoms with Crippen LogP contribution in [-0.4, -0.2) is 63.6 Å². The Labute approximate surface area is 247 Å². The number of piperidine rings is 2. The highest BCUT2D eigenvalue weighted by Gasteiger charge is 2.36. The molecule has 0 bridgehead atoms. The largest absolute Gasteiger partial charge is 0.416 e. The normalized spacial score (nSPS) is 19.4. The number of likely N-dealkylation sites (tertiary alicyclic amines) is 1. The van der Waals surface area contributed by atoms with Crippen molar-refractivity contribution in [3.05, 3.63) is 65.4 Å². The molecule has 0 unspecified atom stereocenters. The molecule has 3 heterocycles. The van der Waals surface area contributed by atoms with E-state index in [-0.39, 0.29) is 23.5 Å². The van der Waals surface area contributed by atoms with Gasteiger partial charge in [-0.3, -0.25) is 9.59 Å². The van der Waals surface area contributed by atoms with E-state index < -0.39 is 23.7 Å². The van der Waals surface area contributed by atoms with Gasteiger partial charge in [0.1, 0.15) is 6.04 Å². The van der Waals surface area contributed by atoms with Crippen molar-refractivity contribution < 1.29 is 22.8 Å². The third kappa shape index (κ3) is 6.98. The van der Waals surface area contributed by atoms with E-state index in [0.29, 0.717) is 43.6 Å². The number of nitrogens with two attached hydrogens (primary N) is 1. The maximum Gasteiger partial charge on any atom is 0.416 e. The summed E-state index contributed by atoms with van der Waals surface area (Å²) in [5.74, 6) is 0.0483. The fraction of sp³-hybridized carbons (Fsp3) is 0.433. The quantitative estimate of drug-likeness (QED) is 0.334. The van der Waals surface area contributed by atoms with Crippen LogP contribution in [0.3, 0.4) is 0 Å². The molecule has 0 radical (unpaired) electrons. The predicted molar refractivity (Wildman–Crippen MR) is 157 cm³/mol. The van der Waals surface area contributed by atoms with Crippen molar-refractivity contribution >= 4 is 35.0 Å². The van der Waals surface area contributed by atoms with Gasteiger partial charge in [-0.2, -0.15) is 18.2 Å². The summed E-state index contributed by atoms with van der Waals surface area (Å²) in [6.45, 7) is 5.91. The Morgan fingerprint density at radius 3 is 2.30 bits per heavy atom. The molecule has 2 aliphatic rings. The Balaban J connectivity index is 1.28. The molecule has 2 saturated heterocycles. The summed E-state index contributed by atoms with van der Waals surface area (Å²) in [6, 6.07) is 11.9. The van der Waals surface area contributed by atoms with Crippen molar-refractivity contribution in [2.45, 2.75) is 63.7 Å². The molecule has 1 aromatic heterocycles. The second-order valence-corrected chi connectivity index (χ2v) is 11.3. The minimum Gasteiger partial charge on any atom is -0.374 e. The summed E-state index contributed by atoms with van der Waals surface area (Å²) in [5.41, 5.74) is 7.10. The van der Waals surface area contributed by atoms with Crippen LogP contribution in [0.2, 0.25) is 0 Å². The smallest absolute Gasteiger partial charge is 0.374 e. The topological polar surface area (TPSA) is 129 Å². The monoisotopic (exact) mass is 596 g/mol.